The van der Waals surface area contributed by atoms with E-state index >= 15 is 0 Å². The van der Waals surface area contributed by atoms with Gasteiger partial charge in [0.1, 0.15) is 17.1 Å². The van der Waals surface area contributed by atoms with Crippen molar-refractivity contribution < 1.29 is 24.5 Å². The van der Waals surface area contributed by atoms with Gasteiger partial charge in [0.25, 0.3) is 0 Å². The fourth-order valence-corrected chi connectivity index (χ4v) is 2.04. The minimum Gasteiger partial charge on any atom is -0.508 e. The third-order valence-corrected chi connectivity index (χ3v) is 3.20. The molecule has 2 rings (SSSR count). The van der Waals surface area contributed by atoms with Crippen LogP contribution < -0.4 is 0 Å². The Hall–Kier alpha value is -2.53. The molecule has 0 amide bonds. The third-order valence-electron chi connectivity index (χ3n) is 2.96. The summed E-state index contributed by atoms with van der Waals surface area (Å²) in [7, 11) is 0. The minimum absolute atomic E-state index is 0.136. The van der Waals surface area contributed by atoms with Crippen LogP contribution in [0.4, 0.5) is 0 Å². The van der Waals surface area contributed by atoms with E-state index in [0.29, 0.717) is 10.6 Å². The quantitative estimate of drug-likeness (QED) is 0.667. The molecule has 0 heterocycles. The molecule has 0 bridgehead atoms. The van der Waals surface area contributed by atoms with Gasteiger partial charge < -0.3 is 14.9 Å². The summed E-state index contributed by atoms with van der Waals surface area (Å²) >= 11 is 5.81. The number of halogens is 1. The van der Waals surface area contributed by atoms with Crippen molar-refractivity contribution in [1.82, 2.24) is 0 Å². The fourth-order valence-electron chi connectivity index (χ4n) is 1.85. The van der Waals surface area contributed by atoms with Gasteiger partial charge in [-0.05, 0) is 31.2 Å². The van der Waals surface area contributed by atoms with Crippen molar-refractivity contribution in [2.75, 3.05) is 0 Å². The highest BCUT2D eigenvalue weighted by Crippen LogP contribution is 2.24. The van der Waals surface area contributed by atoms with E-state index in [1.165, 1.54) is 25.1 Å². The van der Waals surface area contributed by atoms with Crippen LogP contribution in [0.1, 0.15) is 27.6 Å². The number of hydrogen-bond acceptors (Lipinski definition) is 5. The van der Waals surface area contributed by atoms with Crippen molar-refractivity contribution >= 4 is 23.4 Å². The number of carbonyl (C=O) groups excluding carboxylic acids is 2. The molecule has 114 valence electrons. The summed E-state index contributed by atoms with van der Waals surface area (Å²) in [5.41, 5.74) is 0.186. The molecule has 0 radical (unpaired) electrons. The molecule has 0 aliphatic heterocycles. The number of rotatable bonds is 4. The van der Waals surface area contributed by atoms with E-state index in [9.17, 15) is 19.8 Å². The number of Topliss-reactive ketones (excluding diaryl/α,β-unsaturated/α-hetero) is 1. The van der Waals surface area contributed by atoms with Gasteiger partial charge in [-0.3, -0.25) is 4.79 Å². The molecular formula is C16H13ClO5. The monoisotopic (exact) mass is 320 g/mol. The zero-order valence-electron chi connectivity index (χ0n) is 11.6. The lowest BCUT2D eigenvalue weighted by molar-refractivity contribution is 0.0316. The van der Waals surface area contributed by atoms with E-state index in [1.807, 2.05) is 0 Å². The molecule has 6 heteroatoms. The maximum Gasteiger partial charge on any atom is 0.342 e. The van der Waals surface area contributed by atoms with Crippen LogP contribution in [0.25, 0.3) is 0 Å². The van der Waals surface area contributed by atoms with Crippen molar-refractivity contribution in [2.45, 2.75) is 13.0 Å². The van der Waals surface area contributed by atoms with Crippen molar-refractivity contribution in [2.24, 2.45) is 0 Å². The first kappa shape index (κ1) is 15.9. The zero-order chi connectivity index (χ0) is 16.3. The van der Waals surface area contributed by atoms with Crippen LogP contribution >= 0.6 is 11.6 Å². The van der Waals surface area contributed by atoms with Crippen molar-refractivity contribution in [3.8, 4) is 11.5 Å². The molecular weight excluding hydrogens is 308 g/mol. The van der Waals surface area contributed by atoms with Crippen LogP contribution in [0.15, 0.2) is 42.5 Å². The maximum absolute atomic E-state index is 12.2. The molecule has 0 aliphatic rings. The highest BCUT2D eigenvalue weighted by atomic mass is 35.5. The van der Waals surface area contributed by atoms with Crippen LogP contribution in [0, 0.1) is 0 Å². The predicted octanol–water partition coefficient (Wildman–Crippen LogP) is 3.18. The van der Waals surface area contributed by atoms with Crippen LogP contribution in [0.5, 0.6) is 11.5 Å². The van der Waals surface area contributed by atoms with E-state index in [-0.39, 0.29) is 11.3 Å². The summed E-state index contributed by atoms with van der Waals surface area (Å²) in [5, 5.41) is 19.2. The number of phenolic OH excluding ortho intramolecular Hbond substituents is 2. The van der Waals surface area contributed by atoms with Crippen molar-refractivity contribution in [3.05, 3.63) is 58.6 Å². The van der Waals surface area contributed by atoms with E-state index in [2.05, 4.69) is 0 Å². The zero-order valence-corrected chi connectivity index (χ0v) is 12.4. The summed E-state index contributed by atoms with van der Waals surface area (Å²) in [6, 6.07) is 9.76. The number of ketones is 1. The lowest BCUT2D eigenvalue weighted by Crippen LogP contribution is -2.24. The average Bonchev–Trinajstić information content (AvgIpc) is 2.46. The topological polar surface area (TPSA) is 83.8 Å². The molecule has 1 unspecified atom stereocenters. The van der Waals surface area contributed by atoms with E-state index < -0.39 is 23.6 Å². The summed E-state index contributed by atoms with van der Waals surface area (Å²) in [4.78, 5) is 24.1. The number of esters is 1. The maximum atomic E-state index is 12.2. The predicted molar refractivity (Wildman–Crippen MR) is 80.4 cm³/mol. The summed E-state index contributed by atoms with van der Waals surface area (Å²) < 4.78 is 5.04. The van der Waals surface area contributed by atoms with Gasteiger partial charge in [0.15, 0.2) is 6.10 Å². The summed E-state index contributed by atoms with van der Waals surface area (Å²) in [6.07, 6.45) is -1.04. The average molecular weight is 321 g/mol. The second-order valence-electron chi connectivity index (χ2n) is 4.62. The molecule has 2 N–H and O–H groups in total. The Morgan fingerprint density at radius 2 is 1.86 bits per heavy atom. The Balaban J connectivity index is 2.12. The molecule has 2 aromatic rings. The molecule has 1 atom stereocenters. The SMILES string of the molecule is CC(OC(=O)c1ccc(O)cc1O)C(=O)c1cccc(Cl)c1. The standard InChI is InChI=1S/C16H13ClO5/c1-9(15(20)10-3-2-4-11(17)7-10)22-16(21)13-6-5-12(18)8-14(13)19/h2-9,18-19H,1H3. The Kier molecular flexibility index (Phi) is 4.68. The number of aromatic hydroxyl groups is 2. The second kappa shape index (κ2) is 6.49. The van der Waals surface area contributed by atoms with Gasteiger partial charge in [-0.2, -0.15) is 0 Å². The van der Waals surface area contributed by atoms with Gasteiger partial charge in [0.05, 0.1) is 0 Å². The molecule has 22 heavy (non-hydrogen) atoms. The van der Waals surface area contributed by atoms with Crippen molar-refractivity contribution in [1.29, 1.82) is 0 Å². The van der Waals surface area contributed by atoms with Crippen molar-refractivity contribution in [3.63, 3.8) is 0 Å². The van der Waals surface area contributed by atoms with Gasteiger partial charge in [0, 0.05) is 16.7 Å². The smallest absolute Gasteiger partial charge is 0.342 e. The first-order valence-corrected chi connectivity index (χ1v) is 6.79. The second-order valence-corrected chi connectivity index (χ2v) is 5.06. The third kappa shape index (κ3) is 3.56. The van der Waals surface area contributed by atoms with Gasteiger partial charge in [-0.1, -0.05) is 23.7 Å². The molecule has 0 saturated carbocycles. The molecule has 0 fully saturated rings. The Bertz CT molecular complexity index is 726. The lowest BCUT2D eigenvalue weighted by Gasteiger charge is -2.13. The Morgan fingerprint density at radius 3 is 2.50 bits per heavy atom. The van der Waals surface area contributed by atoms with Gasteiger partial charge in [-0.15, -0.1) is 0 Å². The normalized spacial score (nSPS) is 11.7. The lowest BCUT2D eigenvalue weighted by atomic mass is 10.1. The van der Waals surface area contributed by atoms with Gasteiger partial charge in [0.2, 0.25) is 5.78 Å². The number of ether oxygens (including phenoxy) is 1. The fraction of sp³-hybridized carbons (Fsp3) is 0.125. The number of phenols is 2. The molecule has 5 nitrogen and oxygen atoms in total. The van der Waals surface area contributed by atoms with Crippen LogP contribution in [-0.2, 0) is 4.74 Å². The molecule has 0 saturated heterocycles. The number of hydrogen-bond donors (Lipinski definition) is 2. The van der Waals surface area contributed by atoms with Crippen LogP contribution in [-0.4, -0.2) is 28.1 Å². The highest BCUT2D eigenvalue weighted by molar-refractivity contribution is 6.31. The first-order chi connectivity index (χ1) is 10.4. The molecule has 2 aromatic carbocycles. The van der Waals surface area contributed by atoms with Gasteiger partial charge in [-0.25, -0.2) is 4.79 Å². The van der Waals surface area contributed by atoms with E-state index in [1.54, 1.807) is 18.2 Å². The first-order valence-electron chi connectivity index (χ1n) is 6.41. The van der Waals surface area contributed by atoms with Crippen LogP contribution in [0.3, 0.4) is 0 Å². The summed E-state index contributed by atoms with van der Waals surface area (Å²) in [5.74, 6) is -1.88. The Morgan fingerprint density at radius 1 is 1.14 bits per heavy atom. The van der Waals surface area contributed by atoms with Gasteiger partial charge >= 0.3 is 5.97 Å². The van der Waals surface area contributed by atoms with E-state index in [4.69, 9.17) is 16.3 Å². The summed E-state index contributed by atoms with van der Waals surface area (Å²) in [6.45, 7) is 1.43. The van der Waals surface area contributed by atoms with E-state index in [0.717, 1.165) is 6.07 Å². The highest BCUT2D eigenvalue weighted by Gasteiger charge is 2.22. The molecule has 0 aliphatic carbocycles. The largest absolute Gasteiger partial charge is 0.508 e. The molecule has 0 spiro atoms. The number of benzene rings is 2. The minimum atomic E-state index is -1.04. The number of carbonyl (C=O) groups is 2. The Labute approximate surface area is 131 Å². The van der Waals surface area contributed by atoms with Crippen LogP contribution in [0.2, 0.25) is 5.02 Å². The molecule has 0 aromatic heterocycles.